The summed E-state index contributed by atoms with van der Waals surface area (Å²) in [5, 5.41) is 8.72. The first-order chi connectivity index (χ1) is 4.29. The molecule has 1 saturated heterocycles. The van der Waals surface area contributed by atoms with E-state index in [0.29, 0.717) is 11.7 Å². The Morgan fingerprint density at radius 1 is 1.78 bits per heavy atom. The molecule has 0 spiro atoms. The quantitative estimate of drug-likeness (QED) is 0.629. The summed E-state index contributed by atoms with van der Waals surface area (Å²) in [7, 11) is 3.48. The maximum Gasteiger partial charge on any atom is 0.304 e. The lowest BCUT2D eigenvalue weighted by Gasteiger charge is -1.99. The number of aliphatic carboxylic acids is 1. The minimum atomic E-state index is -0.671. The normalized spacial score (nSPS) is 26.4. The first-order valence-corrected chi connectivity index (χ1v) is 5.17. The van der Waals surface area contributed by atoms with Gasteiger partial charge in [0.2, 0.25) is 0 Å². The van der Waals surface area contributed by atoms with E-state index < -0.39 is 5.97 Å². The Morgan fingerprint density at radius 2 is 2.56 bits per heavy atom. The maximum absolute atomic E-state index is 10.1. The number of carboxylic acid groups (broad SMARTS) is 1. The van der Waals surface area contributed by atoms with Crippen molar-refractivity contribution in [1.82, 2.24) is 0 Å². The van der Waals surface area contributed by atoms with Crippen LogP contribution in [-0.4, -0.2) is 22.1 Å². The van der Waals surface area contributed by atoms with Crippen molar-refractivity contribution >= 4 is 27.6 Å². The summed E-state index contributed by atoms with van der Waals surface area (Å²) >= 11 is 0. The van der Waals surface area contributed by atoms with Crippen LogP contribution >= 0.6 is 21.6 Å². The third kappa shape index (κ3) is 2.49. The average Bonchev–Trinajstić information content (AvgIpc) is 2.15. The van der Waals surface area contributed by atoms with Crippen LogP contribution in [0.2, 0.25) is 0 Å². The molecule has 1 rings (SSSR count). The smallest absolute Gasteiger partial charge is 0.304 e. The molecule has 0 aromatic heterocycles. The van der Waals surface area contributed by atoms with Gasteiger partial charge >= 0.3 is 5.97 Å². The molecule has 1 fully saturated rings. The van der Waals surface area contributed by atoms with Crippen molar-refractivity contribution < 1.29 is 9.90 Å². The van der Waals surface area contributed by atoms with Gasteiger partial charge in [-0.2, -0.15) is 0 Å². The molecule has 0 aromatic carbocycles. The average molecular weight is 164 g/mol. The molecule has 1 aliphatic rings. The fourth-order valence-electron chi connectivity index (χ4n) is 0.703. The Morgan fingerprint density at radius 3 is 3.00 bits per heavy atom. The van der Waals surface area contributed by atoms with Crippen LogP contribution in [0, 0.1) is 0 Å². The summed E-state index contributed by atoms with van der Waals surface area (Å²) in [5.41, 5.74) is 0. The molecule has 0 unspecified atom stereocenters. The number of carbonyl (C=O) groups is 1. The van der Waals surface area contributed by atoms with Gasteiger partial charge in [0.15, 0.2) is 0 Å². The Balaban J connectivity index is 2.19. The molecule has 0 saturated carbocycles. The van der Waals surface area contributed by atoms with Gasteiger partial charge < -0.3 is 5.11 Å². The molecule has 0 amide bonds. The van der Waals surface area contributed by atoms with E-state index in [-0.39, 0.29) is 0 Å². The van der Waals surface area contributed by atoms with E-state index in [9.17, 15) is 4.79 Å². The molecular formula is C5H8O2S2. The van der Waals surface area contributed by atoms with E-state index in [1.807, 2.05) is 0 Å². The Bertz CT molecular complexity index is 110. The lowest BCUT2D eigenvalue weighted by atomic mass is 10.2. The molecule has 1 N–H and O–H groups in total. The van der Waals surface area contributed by atoms with Crippen LogP contribution in [0.5, 0.6) is 0 Å². The largest absolute Gasteiger partial charge is 0.481 e. The maximum atomic E-state index is 10.1. The van der Waals surface area contributed by atoms with E-state index in [2.05, 4.69) is 0 Å². The lowest BCUT2D eigenvalue weighted by Crippen LogP contribution is -2.05. The number of rotatable bonds is 2. The second-order valence-electron chi connectivity index (χ2n) is 1.93. The fourth-order valence-corrected chi connectivity index (χ4v) is 3.59. The zero-order chi connectivity index (χ0) is 6.69. The number of carboxylic acids is 1. The van der Waals surface area contributed by atoms with Crippen molar-refractivity contribution in [3.8, 4) is 0 Å². The molecule has 0 aliphatic carbocycles. The third-order valence-corrected chi connectivity index (χ3v) is 4.07. The zero-order valence-electron chi connectivity index (χ0n) is 4.87. The summed E-state index contributed by atoms with van der Waals surface area (Å²) in [6, 6.07) is 0. The van der Waals surface area contributed by atoms with Crippen molar-refractivity contribution in [2.45, 2.75) is 18.1 Å². The highest BCUT2D eigenvalue weighted by Crippen LogP contribution is 2.38. The minimum absolute atomic E-state index is 0.331. The summed E-state index contributed by atoms with van der Waals surface area (Å²) in [4.78, 5) is 10.1. The van der Waals surface area contributed by atoms with Crippen LogP contribution in [-0.2, 0) is 4.79 Å². The van der Waals surface area contributed by atoms with E-state index >= 15 is 0 Å². The van der Waals surface area contributed by atoms with Crippen molar-refractivity contribution in [3.63, 3.8) is 0 Å². The highest BCUT2D eigenvalue weighted by Gasteiger charge is 2.18. The van der Waals surface area contributed by atoms with E-state index in [1.165, 1.54) is 0 Å². The van der Waals surface area contributed by atoms with E-state index in [1.54, 1.807) is 21.6 Å². The summed E-state index contributed by atoms with van der Waals surface area (Å²) in [6.45, 7) is 0. The second kappa shape index (κ2) is 3.37. The van der Waals surface area contributed by atoms with Gasteiger partial charge in [-0.1, -0.05) is 21.6 Å². The Labute approximate surface area is 61.8 Å². The third-order valence-electron chi connectivity index (χ3n) is 1.13. The molecule has 2 nitrogen and oxygen atoms in total. The van der Waals surface area contributed by atoms with Crippen molar-refractivity contribution in [2.75, 3.05) is 5.75 Å². The second-order valence-corrected chi connectivity index (χ2v) is 4.71. The first-order valence-electron chi connectivity index (χ1n) is 2.79. The molecule has 52 valence electrons. The van der Waals surface area contributed by atoms with Crippen LogP contribution in [0.15, 0.2) is 0 Å². The lowest BCUT2D eigenvalue weighted by molar-refractivity contribution is -0.136. The molecule has 1 atom stereocenters. The molecular weight excluding hydrogens is 156 g/mol. The highest BCUT2D eigenvalue weighted by atomic mass is 33.1. The molecule has 0 aromatic rings. The summed E-state index contributed by atoms with van der Waals surface area (Å²) < 4.78 is 0. The molecule has 9 heavy (non-hydrogen) atoms. The molecule has 1 heterocycles. The Hall–Kier alpha value is 0.170. The standard InChI is InChI=1S/C5H8O2S2/c6-5(7)3-4-1-2-8-9-4/h4H,1-3H2,(H,6,7)/t4-/m1/s1. The van der Waals surface area contributed by atoms with Gasteiger partial charge in [-0.25, -0.2) is 0 Å². The van der Waals surface area contributed by atoms with Gasteiger partial charge in [0, 0.05) is 11.0 Å². The van der Waals surface area contributed by atoms with Gasteiger partial charge in [-0.05, 0) is 6.42 Å². The van der Waals surface area contributed by atoms with Crippen LogP contribution < -0.4 is 0 Å². The summed E-state index contributed by atoms with van der Waals surface area (Å²) in [5.74, 6) is 0.442. The van der Waals surface area contributed by atoms with Crippen molar-refractivity contribution in [3.05, 3.63) is 0 Å². The van der Waals surface area contributed by atoms with Crippen molar-refractivity contribution in [2.24, 2.45) is 0 Å². The van der Waals surface area contributed by atoms with Gasteiger partial charge in [0.1, 0.15) is 0 Å². The monoisotopic (exact) mass is 164 g/mol. The zero-order valence-corrected chi connectivity index (χ0v) is 6.50. The van der Waals surface area contributed by atoms with Crippen molar-refractivity contribution in [1.29, 1.82) is 0 Å². The van der Waals surface area contributed by atoms with Crippen LogP contribution in [0.25, 0.3) is 0 Å². The molecule has 0 radical (unpaired) electrons. The topological polar surface area (TPSA) is 37.3 Å². The molecule has 4 heteroatoms. The minimum Gasteiger partial charge on any atom is -0.481 e. The predicted octanol–water partition coefficient (Wildman–Crippen LogP) is 1.61. The first kappa shape index (κ1) is 7.28. The number of hydrogen-bond acceptors (Lipinski definition) is 3. The van der Waals surface area contributed by atoms with Gasteiger partial charge in [0.05, 0.1) is 6.42 Å². The SMILES string of the molecule is O=C(O)C[C@H]1CCSS1. The molecule has 0 bridgehead atoms. The summed E-state index contributed by atoms with van der Waals surface area (Å²) in [6.07, 6.45) is 1.39. The van der Waals surface area contributed by atoms with E-state index in [0.717, 1.165) is 12.2 Å². The van der Waals surface area contributed by atoms with Crippen LogP contribution in [0.3, 0.4) is 0 Å². The van der Waals surface area contributed by atoms with E-state index in [4.69, 9.17) is 5.11 Å². The fraction of sp³-hybridized carbons (Fsp3) is 0.800. The van der Waals surface area contributed by atoms with Crippen LogP contribution in [0.1, 0.15) is 12.8 Å². The Kier molecular flexibility index (Phi) is 2.72. The van der Waals surface area contributed by atoms with Gasteiger partial charge in [-0.3, -0.25) is 4.79 Å². The van der Waals surface area contributed by atoms with Gasteiger partial charge in [0.25, 0.3) is 0 Å². The van der Waals surface area contributed by atoms with Gasteiger partial charge in [-0.15, -0.1) is 0 Å². The number of hydrogen-bond donors (Lipinski definition) is 1. The predicted molar refractivity (Wildman–Crippen MR) is 40.7 cm³/mol. The highest BCUT2D eigenvalue weighted by molar-refractivity contribution is 8.77. The van der Waals surface area contributed by atoms with Crippen LogP contribution in [0.4, 0.5) is 0 Å². The molecule has 1 aliphatic heterocycles.